The molecular weight excluding hydrogens is 354 g/mol. The number of para-hydroxylation sites is 1. The molecule has 0 aliphatic rings. The highest BCUT2D eigenvalue weighted by Crippen LogP contribution is 2.27. The van der Waals surface area contributed by atoms with Crippen molar-refractivity contribution in [2.75, 3.05) is 22.1 Å². The van der Waals surface area contributed by atoms with Gasteiger partial charge in [0.25, 0.3) is 0 Å². The van der Waals surface area contributed by atoms with Gasteiger partial charge in [-0.3, -0.25) is 14.4 Å². The second-order valence-electron chi connectivity index (χ2n) is 6.94. The highest BCUT2D eigenvalue weighted by Gasteiger charge is 2.17. The average molecular weight is 381 g/mol. The van der Waals surface area contributed by atoms with Gasteiger partial charge in [-0.25, -0.2) is 0 Å². The molecule has 6 nitrogen and oxygen atoms in total. The van der Waals surface area contributed by atoms with Crippen LogP contribution in [0.5, 0.6) is 0 Å². The maximum Gasteiger partial charge on any atom is 0.226 e. The maximum absolute atomic E-state index is 12.3. The van der Waals surface area contributed by atoms with E-state index in [4.69, 9.17) is 0 Å². The molecular formula is C22H27N3O3. The van der Waals surface area contributed by atoms with E-state index in [1.165, 1.54) is 13.8 Å². The smallest absolute Gasteiger partial charge is 0.226 e. The zero-order valence-electron chi connectivity index (χ0n) is 16.8. The zero-order valence-corrected chi connectivity index (χ0v) is 16.8. The molecule has 0 atom stereocenters. The van der Waals surface area contributed by atoms with E-state index in [1.54, 1.807) is 29.2 Å². The fourth-order valence-electron chi connectivity index (χ4n) is 2.95. The molecule has 0 heterocycles. The minimum atomic E-state index is -0.180. The van der Waals surface area contributed by atoms with Crippen LogP contribution in [0.3, 0.4) is 0 Å². The molecule has 0 aliphatic heterocycles. The van der Waals surface area contributed by atoms with Crippen molar-refractivity contribution in [3.8, 4) is 0 Å². The molecule has 28 heavy (non-hydrogen) atoms. The number of hydrogen-bond donors (Lipinski definition) is 2. The third-order valence-electron chi connectivity index (χ3n) is 4.28. The molecule has 2 rings (SSSR count). The topological polar surface area (TPSA) is 78.5 Å². The minimum Gasteiger partial charge on any atom is -0.326 e. The molecule has 0 spiro atoms. The Bertz CT molecular complexity index is 844. The van der Waals surface area contributed by atoms with Crippen molar-refractivity contribution in [2.24, 2.45) is 0 Å². The lowest BCUT2D eigenvalue weighted by Gasteiger charge is -2.25. The van der Waals surface area contributed by atoms with Crippen molar-refractivity contribution in [2.45, 2.75) is 40.0 Å². The lowest BCUT2D eigenvalue weighted by atomic mass is 10.0. The summed E-state index contributed by atoms with van der Waals surface area (Å²) in [5.41, 5.74) is 3.22. The van der Waals surface area contributed by atoms with Crippen LogP contribution in [-0.2, 0) is 14.4 Å². The van der Waals surface area contributed by atoms with E-state index >= 15 is 0 Å². The minimum absolute atomic E-state index is 0.0967. The number of hydrogen-bond acceptors (Lipinski definition) is 3. The Morgan fingerprint density at radius 3 is 2.00 bits per heavy atom. The zero-order chi connectivity index (χ0) is 20.7. The van der Waals surface area contributed by atoms with Crippen molar-refractivity contribution in [3.05, 3.63) is 54.1 Å². The molecule has 0 unspecified atom stereocenters. The number of nitrogens with zero attached hydrogens (tertiary/aromatic N) is 1. The molecule has 0 aliphatic carbocycles. The van der Waals surface area contributed by atoms with Gasteiger partial charge < -0.3 is 15.5 Å². The first-order valence-corrected chi connectivity index (χ1v) is 9.32. The third kappa shape index (κ3) is 5.94. The second-order valence-corrected chi connectivity index (χ2v) is 6.94. The van der Waals surface area contributed by atoms with E-state index in [0.717, 1.165) is 11.3 Å². The Morgan fingerprint density at radius 2 is 1.46 bits per heavy atom. The first-order chi connectivity index (χ1) is 13.3. The van der Waals surface area contributed by atoms with Gasteiger partial charge >= 0.3 is 0 Å². The molecule has 6 heteroatoms. The standard InChI is InChI=1S/C22H27N3O3/c1-15(2)20-7-5-6-8-21(20)25(17(4)27)14-13-22(28)24-19-11-9-18(10-12-19)23-16(3)26/h5-12,15H,13-14H2,1-4H3,(H,23,26)(H,24,28). The second kappa shape index (κ2) is 9.69. The number of rotatable bonds is 7. The van der Waals surface area contributed by atoms with E-state index in [1.807, 2.05) is 24.3 Å². The van der Waals surface area contributed by atoms with Gasteiger partial charge in [0, 0.05) is 43.9 Å². The number of benzene rings is 2. The molecule has 0 saturated heterocycles. The Labute approximate surface area is 165 Å². The molecule has 0 radical (unpaired) electrons. The first-order valence-electron chi connectivity index (χ1n) is 9.32. The highest BCUT2D eigenvalue weighted by atomic mass is 16.2. The Morgan fingerprint density at radius 1 is 0.893 bits per heavy atom. The number of carbonyl (C=O) groups is 3. The Hall–Kier alpha value is -3.15. The van der Waals surface area contributed by atoms with Gasteiger partial charge in [0.15, 0.2) is 0 Å². The van der Waals surface area contributed by atoms with E-state index in [-0.39, 0.29) is 30.1 Å². The van der Waals surface area contributed by atoms with Gasteiger partial charge in [-0.2, -0.15) is 0 Å². The molecule has 0 fully saturated rings. The fraction of sp³-hybridized carbons (Fsp3) is 0.318. The molecule has 0 aromatic heterocycles. The summed E-state index contributed by atoms with van der Waals surface area (Å²) in [5, 5.41) is 5.49. The number of carbonyl (C=O) groups excluding carboxylic acids is 3. The lowest BCUT2D eigenvalue weighted by molar-refractivity contribution is -0.117. The number of nitrogens with one attached hydrogen (secondary N) is 2. The molecule has 0 saturated carbocycles. The summed E-state index contributed by atoms with van der Waals surface area (Å²) in [6.07, 6.45) is 0.180. The predicted octanol–water partition coefficient (Wildman–Crippen LogP) is 4.15. The van der Waals surface area contributed by atoms with Crippen LogP contribution in [0, 0.1) is 0 Å². The Balaban J connectivity index is 2.01. The average Bonchev–Trinajstić information content (AvgIpc) is 2.63. The summed E-state index contributed by atoms with van der Waals surface area (Å²) in [5.74, 6) is -0.155. The predicted molar refractivity (Wildman–Crippen MR) is 113 cm³/mol. The van der Waals surface area contributed by atoms with Crippen LogP contribution < -0.4 is 15.5 Å². The summed E-state index contributed by atoms with van der Waals surface area (Å²) in [7, 11) is 0. The van der Waals surface area contributed by atoms with Gasteiger partial charge in [0.05, 0.1) is 0 Å². The first kappa shape index (κ1) is 21.2. The Kier molecular flexibility index (Phi) is 7.32. The summed E-state index contributed by atoms with van der Waals surface area (Å²) in [6, 6.07) is 14.7. The van der Waals surface area contributed by atoms with Gasteiger partial charge in [-0.05, 0) is 41.8 Å². The molecule has 2 aromatic rings. The monoisotopic (exact) mass is 381 g/mol. The van der Waals surface area contributed by atoms with E-state index in [2.05, 4.69) is 24.5 Å². The van der Waals surface area contributed by atoms with Crippen LogP contribution >= 0.6 is 0 Å². The van der Waals surface area contributed by atoms with E-state index in [0.29, 0.717) is 17.9 Å². The van der Waals surface area contributed by atoms with Crippen molar-refractivity contribution in [3.63, 3.8) is 0 Å². The van der Waals surface area contributed by atoms with Crippen molar-refractivity contribution >= 4 is 34.8 Å². The van der Waals surface area contributed by atoms with Gasteiger partial charge in [-0.15, -0.1) is 0 Å². The van der Waals surface area contributed by atoms with Gasteiger partial charge in [0.2, 0.25) is 17.7 Å². The molecule has 0 bridgehead atoms. The van der Waals surface area contributed by atoms with Gasteiger partial charge in [-0.1, -0.05) is 32.0 Å². The van der Waals surface area contributed by atoms with Crippen molar-refractivity contribution in [1.82, 2.24) is 0 Å². The van der Waals surface area contributed by atoms with Gasteiger partial charge in [0.1, 0.15) is 0 Å². The lowest BCUT2D eigenvalue weighted by Crippen LogP contribution is -2.32. The van der Waals surface area contributed by atoms with Crippen molar-refractivity contribution in [1.29, 1.82) is 0 Å². The number of amides is 3. The summed E-state index contributed by atoms with van der Waals surface area (Å²) >= 11 is 0. The fourth-order valence-corrected chi connectivity index (χ4v) is 2.95. The molecule has 2 aromatic carbocycles. The van der Waals surface area contributed by atoms with Crippen LogP contribution in [0.4, 0.5) is 17.1 Å². The van der Waals surface area contributed by atoms with E-state index in [9.17, 15) is 14.4 Å². The highest BCUT2D eigenvalue weighted by molar-refractivity contribution is 5.95. The normalized spacial score (nSPS) is 10.5. The largest absolute Gasteiger partial charge is 0.326 e. The van der Waals surface area contributed by atoms with Crippen molar-refractivity contribution < 1.29 is 14.4 Å². The van der Waals surface area contributed by atoms with Crippen LogP contribution in [0.1, 0.15) is 45.6 Å². The van der Waals surface area contributed by atoms with Crippen LogP contribution in [0.2, 0.25) is 0 Å². The summed E-state index contributed by atoms with van der Waals surface area (Å²) in [6.45, 7) is 7.40. The van der Waals surface area contributed by atoms with Crippen LogP contribution in [0.15, 0.2) is 48.5 Å². The van der Waals surface area contributed by atoms with Crippen LogP contribution in [0.25, 0.3) is 0 Å². The molecule has 2 N–H and O–H groups in total. The third-order valence-corrected chi connectivity index (χ3v) is 4.28. The van der Waals surface area contributed by atoms with Crippen LogP contribution in [-0.4, -0.2) is 24.3 Å². The van der Waals surface area contributed by atoms with E-state index < -0.39 is 0 Å². The molecule has 3 amide bonds. The number of anilines is 3. The molecule has 148 valence electrons. The summed E-state index contributed by atoms with van der Waals surface area (Å²) < 4.78 is 0. The SMILES string of the molecule is CC(=O)Nc1ccc(NC(=O)CCN(C(C)=O)c2ccccc2C(C)C)cc1. The summed E-state index contributed by atoms with van der Waals surface area (Å²) in [4.78, 5) is 37.2. The quantitative estimate of drug-likeness (QED) is 0.756. The maximum atomic E-state index is 12.3.